The topological polar surface area (TPSA) is 83.9 Å². The highest BCUT2D eigenvalue weighted by molar-refractivity contribution is 7.99. The van der Waals surface area contributed by atoms with Crippen LogP contribution in [0.1, 0.15) is 23.9 Å². The molecule has 0 saturated heterocycles. The van der Waals surface area contributed by atoms with Gasteiger partial charge < -0.3 is 9.88 Å². The lowest BCUT2D eigenvalue weighted by Crippen LogP contribution is -2.33. The van der Waals surface area contributed by atoms with E-state index in [-0.39, 0.29) is 23.8 Å². The summed E-state index contributed by atoms with van der Waals surface area (Å²) in [4.78, 5) is 38.7. The molecule has 2 heterocycles. The van der Waals surface area contributed by atoms with Crippen LogP contribution in [0.4, 0.5) is 0 Å². The number of nitrogens with one attached hydrogen (secondary N) is 1. The quantitative estimate of drug-likeness (QED) is 0.435. The van der Waals surface area contributed by atoms with Crippen molar-refractivity contribution in [2.24, 2.45) is 0 Å². The van der Waals surface area contributed by atoms with Gasteiger partial charge in [-0.2, -0.15) is 0 Å². The second-order valence-corrected chi connectivity index (χ2v) is 8.52. The molecule has 0 bridgehead atoms. The molecule has 7 nitrogen and oxygen atoms in total. The van der Waals surface area contributed by atoms with Crippen molar-refractivity contribution in [2.45, 2.75) is 32.5 Å². The Hall–Kier alpha value is -3.39. The number of hydrogen-bond acceptors (Lipinski definition) is 5. The van der Waals surface area contributed by atoms with Gasteiger partial charge in [0.05, 0.1) is 23.2 Å². The molecule has 2 aromatic carbocycles. The minimum Gasteiger partial charge on any atom is -0.335 e. The zero-order chi connectivity index (χ0) is 22.7. The molecule has 164 valence electrons. The van der Waals surface area contributed by atoms with Gasteiger partial charge in [0.25, 0.3) is 5.56 Å². The van der Waals surface area contributed by atoms with Gasteiger partial charge in [-0.3, -0.25) is 14.2 Å². The smallest absolute Gasteiger partial charge is 0.258 e. The fourth-order valence-electron chi connectivity index (χ4n) is 3.45. The second-order valence-electron chi connectivity index (χ2n) is 7.57. The molecule has 1 amide bonds. The highest BCUT2D eigenvalue weighted by atomic mass is 32.2. The maximum absolute atomic E-state index is 12.9. The highest BCUT2D eigenvalue weighted by Crippen LogP contribution is 2.22. The summed E-state index contributed by atoms with van der Waals surface area (Å²) < 4.78 is 1.99. The maximum Gasteiger partial charge on any atom is 0.258 e. The van der Waals surface area contributed by atoms with E-state index in [4.69, 9.17) is 0 Å². The molecule has 0 radical (unpaired) electrons. The van der Waals surface area contributed by atoms with Gasteiger partial charge in [0.1, 0.15) is 5.82 Å². The minimum absolute atomic E-state index is 0.0389. The van der Waals surface area contributed by atoms with Crippen molar-refractivity contribution in [3.8, 4) is 5.69 Å². The average molecular weight is 448 g/mol. The molecule has 0 aliphatic carbocycles. The van der Waals surface area contributed by atoms with E-state index in [0.29, 0.717) is 23.3 Å². The Kier molecular flexibility index (Phi) is 6.41. The lowest BCUT2D eigenvalue weighted by atomic mass is 10.1. The third-order valence-corrected chi connectivity index (χ3v) is 6.39. The number of fused-ring (bicyclic) bond motifs is 1. The molecule has 0 fully saturated rings. The number of aryl methyl sites for hydroxylation is 2. The summed E-state index contributed by atoms with van der Waals surface area (Å²) in [6.45, 7) is 6.84. The summed E-state index contributed by atoms with van der Waals surface area (Å²) in [5, 5.41) is 1.30. The molecule has 1 N–H and O–H groups in total. The Bertz CT molecular complexity index is 1330. The summed E-state index contributed by atoms with van der Waals surface area (Å²) in [5.41, 5.74) is 3.89. The van der Waals surface area contributed by atoms with E-state index in [1.807, 2.05) is 23.8 Å². The molecule has 0 aliphatic rings. The number of H-pyrrole nitrogens is 1. The zero-order valence-electron chi connectivity index (χ0n) is 18.3. The van der Waals surface area contributed by atoms with Crippen LogP contribution >= 0.6 is 11.8 Å². The van der Waals surface area contributed by atoms with Gasteiger partial charge in [0, 0.05) is 24.6 Å². The van der Waals surface area contributed by atoms with E-state index in [1.165, 1.54) is 22.9 Å². The number of benzene rings is 2. The van der Waals surface area contributed by atoms with E-state index in [2.05, 4.69) is 47.0 Å². The first-order chi connectivity index (χ1) is 15.5. The number of thioether (sulfide) groups is 1. The van der Waals surface area contributed by atoms with Crippen LogP contribution in [0.15, 0.2) is 64.8 Å². The van der Waals surface area contributed by atoms with Gasteiger partial charge in [-0.25, -0.2) is 9.97 Å². The molecule has 0 atom stereocenters. The second kappa shape index (κ2) is 9.40. The molecule has 8 heteroatoms. The van der Waals surface area contributed by atoms with Gasteiger partial charge in [0.2, 0.25) is 5.91 Å². The first-order valence-electron chi connectivity index (χ1n) is 10.5. The number of carbonyl (C=O) groups is 1. The number of aromatic nitrogens is 4. The fraction of sp³-hybridized carbons (Fsp3) is 0.250. The molecular formula is C24H25N5O2S. The van der Waals surface area contributed by atoms with Crippen molar-refractivity contribution >= 4 is 28.6 Å². The van der Waals surface area contributed by atoms with Crippen molar-refractivity contribution in [3.63, 3.8) is 0 Å². The first kappa shape index (κ1) is 21.8. The van der Waals surface area contributed by atoms with E-state index < -0.39 is 0 Å². The number of nitrogens with zero attached hydrogens (tertiary/aromatic N) is 4. The summed E-state index contributed by atoms with van der Waals surface area (Å²) in [6, 6.07) is 13.4. The molecule has 0 saturated carbocycles. The van der Waals surface area contributed by atoms with Crippen LogP contribution < -0.4 is 5.56 Å². The van der Waals surface area contributed by atoms with Crippen molar-refractivity contribution in [2.75, 3.05) is 12.3 Å². The molecular weight excluding hydrogens is 422 g/mol. The van der Waals surface area contributed by atoms with E-state index in [1.54, 1.807) is 29.3 Å². The van der Waals surface area contributed by atoms with Gasteiger partial charge in [-0.05, 0) is 56.2 Å². The van der Waals surface area contributed by atoms with Crippen LogP contribution in [0, 0.1) is 13.8 Å². The van der Waals surface area contributed by atoms with E-state index in [9.17, 15) is 9.59 Å². The number of hydrogen-bond donors (Lipinski definition) is 1. The number of amides is 1. The first-order valence-corrected chi connectivity index (χ1v) is 11.4. The predicted octanol–water partition coefficient (Wildman–Crippen LogP) is 3.87. The molecule has 2 aromatic heterocycles. The maximum atomic E-state index is 12.9. The van der Waals surface area contributed by atoms with Crippen molar-refractivity contribution in [3.05, 3.63) is 82.2 Å². The monoisotopic (exact) mass is 447 g/mol. The van der Waals surface area contributed by atoms with Crippen LogP contribution in [-0.4, -0.2) is 42.6 Å². The van der Waals surface area contributed by atoms with Gasteiger partial charge >= 0.3 is 0 Å². The predicted molar refractivity (Wildman–Crippen MR) is 127 cm³/mol. The fourth-order valence-corrected chi connectivity index (χ4v) is 4.33. The standard InChI is InChI=1S/C24H25N5O2S/c1-4-28(14-21-26-20-8-6-5-7-19(20)23(31)27-21)22(30)15-32-24-25-11-12-29(24)18-10-9-16(2)17(3)13-18/h5-13H,4,14-15H2,1-3H3,(H,26,27,31). The third-order valence-electron chi connectivity index (χ3n) is 5.44. The number of para-hydroxylation sites is 1. The van der Waals surface area contributed by atoms with Gasteiger partial charge in [-0.15, -0.1) is 0 Å². The van der Waals surface area contributed by atoms with Crippen molar-refractivity contribution in [1.82, 2.24) is 24.4 Å². The minimum atomic E-state index is -0.195. The molecule has 32 heavy (non-hydrogen) atoms. The Morgan fingerprint density at radius 2 is 1.97 bits per heavy atom. The SMILES string of the molecule is CCN(Cc1nc2ccccc2c(=O)[nH]1)C(=O)CSc1nccn1-c1ccc(C)c(C)c1. The van der Waals surface area contributed by atoms with Crippen LogP contribution in [-0.2, 0) is 11.3 Å². The molecule has 4 rings (SSSR count). The van der Waals surface area contributed by atoms with Gasteiger partial charge in [0.15, 0.2) is 5.16 Å². The van der Waals surface area contributed by atoms with E-state index >= 15 is 0 Å². The van der Waals surface area contributed by atoms with E-state index in [0.717, 1.165) is 10.8 Å². The summed E-state index contributed by atoms with van der Waals surface area (Å²) in [7, 11) is 0. The summed E-state index contributed by atoms with van der Waals surface area (Å²) in [5.74, 6) is 0.682. The Balaban J connectivity index is 1.46. The number of imidazole rings is 1. The number of carbonyl (C=O) groups excluding carboxylic acids is 1. The molecule has 0 aliphatic heterocycles. The molecule has 0 unspecified atom stereocenters. The summed E-state index contributed by atoms with van der Waals surface area (Å²) in [6.07, 6.45) is 3.64. The normalized spacial score (nSPS) is 11.1. The lowest BCUT2D eigenvalue weighted by molar-refractivity contribution is -0.128. The number of aromatic amines is 1. The van der Waals surface area contributed by atoms with Crippen molar-refractivity contribution < 1.29 is 4.79 Å². The molecule has 4 aromatic rings. The Morgan fingerprint density at radius 3 is 2.75 bits per heavy atom. The van der Waals surface area contributed by atoms with Gasteiger partial charge in [-0.1, -0.05) is 30.0 Å². The number of rotatable bonds is 7. The third kappa shape index (κ3) is 4.60. The van der Waals surface area contributed by atoms with Crippen molar-refractivity contribution in [1.29, 1.82) is 0 Å². The largest absolute Gasteiger partial charge is 0.335 e. The van der Waals surface area contributed by atoms with Crippen LogP contribution in [0.5, 0.6) is 0 Å². The van der Waals surface area contributed by atoms with Crippen LogP contribution in [0.25, 0.3) is 16.6 Å². The van der Waals surface area contributed by atoms with Crippen LogP contribution in [0.3, 0.4) is 0 Å². The lowest BCUT2D eigenvalue weighted by Gasteiger charge is -2.20. The highest BCUT2D eigenvalue weighted by Gasteiger charge is 2.16. The summed E-state index contributed by atoms with van der Waals surface area (Å²) >= 11 is 1.39. The van der Waals surface area contributed by atoms with Crippen LogP contribution in [0.2, 0.25) is 0 Å². The average Bonchev–Trinajstić information content (AvgIpc) is 3.26. The Morgan fingerprint density at radius 1 is 1.16 bits per heavy atom. The molecule has 0 spiro atoms. The Labute approximate surface area is 190 Å². The zero-order valence-corrected chi connectivity index (χ0v) is 19.1.